The van der Waals surface area contributed by atoms with Crippen molar-refractivity contribution in [2.24, 2.45) is 0 Å². The van der Waals surface area contributed by atoms with Crippen LogP contribution in [-0.2, 0) is 12.8 Å². The highest BCUT2D eigenvalue weighted by Gasteiger charge is 2.41. The van der Waals surface area contributed by atoms with Crippen molar-refractivity contribution in [3.63, 3.8) is 0 Å². The number of fused-ring (bicyclic) bond motifs is 1. The lowest BCUT2D eigenvalue weighted by atomic mass is 10.1. The van der Waals surface area contributed by atoms with Crippen LogP contribution in [0.3, 0.4) is 0 Å². The molecule has 1 unspecified atom stereocenters. The first kappa shape index (κ1) is 18.9. The molecule has 31 heavy (non-hydrogen) atoms. The molecule has 152 valence electrons. The smallest absolute Gasteiger partial charge is 0.359 e. The minimum Gasteiger partial charge on any atom is -0.469 e. The van der Waals surface area contributed by atoms with Gasteiger partial charge in [0.1, 0.15) is 29.6 Å². The van der Waals surface area contributed by atoms with Crippen molar-refractivity contribution in [3.05, 3.63) is 102 Å². The standard InChI is InChI=1S/C25H19N3O3/c29-16-18-8-10-19(11-9-18)23-15-28-24(21(26-23)13-17-5-2-1-3-6-17)27-22(25(28)30)14-20-7-4-12-31-20/h1-12,15-16,22H,13-14H2/p+1. The number of nitrogens with zero attached hydrogens (tertiary/aromatic N) is 2. The van der Waals surface area contributed by atoms with Gasteiger partial charge in [-0.05, 0) is 17.7 Å². The van der Waals surface area contributed by atoms with Gasteiger partial charge in [-0.3, -0.25) is 10.1 Å². The number of rotatable bonds is 6. The van der Waals surface area contributed by atoms with Crippen molar-refractivity contribution < 1.29 is 18.6 Å². The first-order valence-corrected chi connectivity index (χ1v) is 10.1. The molecule has 1 aliphatic rings. The van der Waals surface area contributed by atoms with Gasteiger partial charge in [0.05, 0.1) is 12.7 Å². The van der Waals surface area contributed by atoms with Crippen molar-refractivity contribution >= 4 is 18.0 Å². The van der Waals surface area contributed by atoms with E-state index in [1.54, 1.807) is 29.2 Å². The number of hydrogen-bond acceptors (Lipinski definition) is 5. The van der Waals surface area contributed by atoms with Crippen LogP contribution in [0.2, 0.25) is 0 Å². The average Bonchev–Trinajstić information content (AvgIpc) is 3.43. The summed E-state index contributed by atoms with van der Waals surface area (Å²) in [6.45, 7) is 0. The monoisotopic (exact) mass is 410 g/mol. The molecule has 0 fully saturated rings. The maximum atomic E-state index is 13.2. The molecule has 0 saturated carbocycles. The van der Waals surface area contributed by atoms with E-state index < -0.39 is 6.04 Å². The molecule has 1 atom stereocenters. The highest BCUT2D eigenvalue weighted by Crippen LogP contribution is 2.25. The third-order valence-corrected chi connectivity index (χ3v) is 5.41. The van der Waals surface area contributed by atoms with E-state index in [1.165, 1.54) is 0 Å². The van der Waals surface area contributed by atoms with Gasteiger partial charge >= 0.3 is 11.7 Å². The van der Waals surface area contributed by atoms with E-state index in [2.05, 4.69) is 5.32 Å². The lowest BCUT2D eigenvalue weighted by molar-refractivity contribution is -0.552. The van der Waals surface area contributed by atoms with Crippen LogP contribution in [0.5, 0.6) is 0 Å². The van der Waals surface area contributed by atoms with Gasteiger partial charge in [0.15, 0.2) is 0 Å². The third kappa shape index (κ3) is 3.75. The Hall–Kier alpha value is -4.06. The molecule has 0 amide bonds. The number of benzene rings is 2. The van der Waals surface area contributed by atoms with Gasteiger partial charge in [0, 0.05) is 17.5 Å². The minimum atomic E-state index is -0.421. The Bertz CT molecular complexity index is 1230. The molecule has 4 aromatic rings. The molecule has 0 radical (unpaired) electrons. The van der Waals surface area contributed by atoms with E-state index in [0.717, 1.165) is 28.9 Å². The Morgan fingerprint density at radius 3 is 2.55 bits per heavy atom. The Morgan fingerprint density at radius 2 is 1.84 bits per heavy atom. The molecule has 5 rings (SSSR count). The summed E-state index contributed by atoms with van der Waals surface area (Å²) in [6, 6.07) is 20.5. The summed E-state index contributed by atoms with van der Waals surface area (Å²) in [6.07, 6.45) is 5.23. The molecule has 0 spiro atoms. The summed E-state index contributed by atoms with van der Waals surface area (Å²) in [5.41, 5.74) is 4.02. The molecule has 1 N–H and O–H groups in total. The predicted octanol–water partition coefficient (Wildman–Crippen LogP) is 3.71. The number of aromatic nitrogens is 2. The van der Waals surface area contributed by atoms with E-state index in [9.17, 15) is 9.59 Å². The van der Waals surface area contributed by atoms with Crippen LogP contribution in [0.4, 0.5) is 5.82 Å². The van der Waals surface area contributed by atoms with E-state index in [4.69, 9.17) is 9.40 Å². The number of hydrogen-bond donors (Lipinski definition) is 1. The van der Waals surface area contributed by atoms with Crippen LogP contribution in [0.1, 0.15) is 32.2 Å². The zero-order valence-electron chi connectivity index (χ0n) is 16.7. The SMILES string of the molecule is O=Cc1ccc(-c2c[n+]3c(c(Cc4ccccc4)n2)NC(Cc2ccco2)C3=O)cc1. The summed E-state index contributed by atoms with van der Waals surface area (Å²) in [5.74, 6) is 1.41. The second kappa shape index (κ2) is 7.99. The van der Waals surface area contributed by atoms with Crippen molar-refractivity contribution in [2.75, 3.05) is 5.32 Å². The zero-order valence-corrected chi connectivity index (χ0v) is 16.7. The Morgan fingerprint density at radius 1 is 1.03 bits per heavy atom. The fourth-order valence-corrected chi connectivity index (χ4v) is 3.83. The lowest BCUT2D eigenvalue weighted by Crippen LogP contribution is -2.44. The molecule has 3 heterocycles. The molecule has 1 aliphatic heterocycles. The van der Waals surface area contributed by atoms with Crippen LogP contribution < -0.4 is 9.88 Å². The molecule has 2 aromatic carbocycles. The summed E-state index contributed by atoms with van der Waals surface area (Å²) in [7, 11) is 0. The second-order valence-corrected chi connectivity index (χ2v) is 7.51. The van der Waals surface area contributed by atoms with Crippen LogP contribution in [0.25, 0.3) is 11.3 Å². The quantitative estimate of drug-likeness (QED) is 0.387. The fraction of sp³-hybridized carbons (Fsp3) is 0.120. The predicted molar refractivity (Wildman–Crippen MR) is 115 cm³/mol. The van der Waals surface area contributed by atoms with Crippen molar-refractivity contribution in [1.29, 1.82) is 0 Å². The van der Waals surface area contributed by atoms with E-state index in [0.29, 0.717) is 29.9 Å². The molecule has 0 bridgehead atoms. The molecule has 0 aliphatic carbocycles. The molecule has 6 heteroatoms. The first-order valence-electron chi connectivity index (χ1n) is 10.1. The normalized spacial score (nSPS) is 14.8. The number of anilines is 1. The summed E-state index contributed by atoms with van der Waals surface area (Å²) in [5, 5.41) is 3.35. The molecule has 2 aromatic heterocycles. The van der Waals surface area contributed by atoms with Gasteiger partial charge in [-0.25, -0.2) is 9.78 Å². The highest BCUT2D eigenvalue weighted by molar-refractivity contribution is 5.83. The molecular weight excluding hydrogens is 390 g/mol. The van der Waals surface area contributed by atoms with E-state index >= 15 is 0 Å². The largest absolute Gasteiger partial charge is 0.469 e. The first-order chi connectivity index (χ1) is 15.2. The van der Waals surface area contributed by atoms with Crippen LogP contribution in [0, 0.1) is 0 Å². The van der Waals surface area contributed by atoms with Crippen LogP contribution >= 0.6 is 0 Å². The van der Waals surface area contributed by atoms with Crippen LogP contribution in [-0.4, -0.2) is 23.2 Å². The maximum Gasteiger partial charge on any atom is 0.359 e. The third-order valence-electron chi connectivity index (χ3n) is 5.41. The molecular formula is C25H20N3O3+. The summed E-state index contributed by atoms with van der Waals surface area (Å²) in [4.78, 5) is 29.1. The van der Waals surface area contributed by atoms with Crippen molar-refractivity contribution in [1.82, 2.24) is 4.98 Å². The zero-order chi connectivity index (χ0) is 21.2. The topological polar surface area (TPSA) is 76.1 Å². The van der Waals surface area contributed by atoms with Gasteiger partial charge in [0.2, 0.25) is 6.04 Å². The van der Waals surface area contributed by atoms with Gasteiger partial charge < -0.3 is 4.42 Å². The highest BCUT2D eigenvalue weighted by atomic mass is 16.3. The van der Waals surface area contributed by atoms with E-state index in [-0.39, 0.29) is 5.91 Å². The number of furan rings is 1. The van der Waals surface area contributed by atoms with Crippen molar-refractivity contribution in [3.8, 4) is 11.3 Å². The summed E-state index contributed by atoms with van der Waals surface area (Å²) < 4.78 is 7.09. The number of nitrogens with one attached hydrogen (secondary N) is 1. The van der Waals surface area contributed by atoms with Gasteiger partial charge in [-0.15, -0.1) is 0 Å². The van der Waals surface area contributed by atoms with Crippen LogP contribution in [0.15, 0.2) is 83.6 Å². The van der Waals surface area contributed by atoms with Crippen molar-refractivity contribution in [2.45, 2.75) is 18.9 Å². The Kier molecular flexibility index (Phi) is 4.88. The number of carbonyl (C=O) groups excluding carboxylic acids is 2. The molecule has 0 saturated heterocycles. The van der Waals surface area contributed by atoms with Gasteiger partial charge in [-0.1, -0.05) is 54.6 Å². The lowest BCUT2D eigenvalue weighted by Gasteiger charge is -2.07. The maximum absolute atomic E-state index is 13.2. The Balaban J connectivity index is 1.56. The van der Waals surface area contributed by atoms with E-state index in [1.807, 2.05) is 54.6 Å². The number of aldehydes is 1. The van der Waals surface area contributed by atoms with Gasteiger partial charge in [-0.2, -0.15) is 4.57 Å². The minimum absolute atomic E-state index is 0.0473. The summed E-state index contributed by atoms with van der Waals surface area (Å²) >= 11 is 0. The molecule has 6 nitrogen and oxygen atoms in total. The number of carbonyl (C=O) groups is 2. The second-order valence-electron chi connectivity index (χ2n) is 7.51. The average molecular weight is 410 g/mol. The van der Waals surface area contributed by atoms with Gasteiger partial charge in [0.25, 0.3) is 0 Å². The fourth-order valence-electron chi connectivity index (χ4n) is 3.83. The Labute approximate surface area is 179 Å².